The fourth-order valence-corrected chi connectivity index (χ4v) is 0.534. The van der Waals surface area contributed by atoms with Crippen molar-refractivity contribution in [3.05, 3.63) is 0 Å². The first-order chi connectivity index (χ1) is 5.24. The number of esters is 1. The minimum atomic E-state index is -1.15. The van der Waals surface area contributed by atoms with Gasteiger partial charge in [0.1, 0.15) is 11.8 Å². The van der Waals surface area contributed by atoms with Crippen LogP contribution in [0.1, 0.15) is 27.7 Å². The Morgan fingerprint density at radius 1 is 1.50 bits per heavy atom. The highest BCUT2D eigenvalue weighted by molar-refractivity contribution is 5.72. The largest absolute Gasteiger partial charge is 0.460 e. The normalized spacial score (nSPS) is 16.8. The molecule has 0 saturated carbocycles. The summed E-state index contributed by atoms with van der Waals surface area (Å²) in [4.78, 5) is 11.1. The van der Waals surface area contributed by atoms with Gasteiger partial charge >= 0.3 is 5.97 Å². The van der Waals surface area contributed by atoms with Crippen molar-refractivity contribution in [3.8, 4) is 0 Å². The lowest BCUT2D eigenvalue weighted by atomic mass is 10.1. The predicted octanol–water partition coefficient (Wildman–Crippen LogP) is 0.241. The fraction of sp³-hybridized carbons (Fsp3) is 0.875. The lowest BCUT2D eigenvalue weighted by molar-refractivity contribution is -0.162. The third-order valence-electron chi connectivity index (χ3n) is 1.29. The number of ether oxygens (including phenoxy) is 1. The summed E-state index contributed by atoms with van der Waals surface area (Å²) in [5.74, 6) is -1.15. The van der Waals surface area contributed by atoms with Gasteiger partial charge in [0.25, 0.3) is 0 Å². The Bertz CT molecular complexity index is 160. The zero-order valence-corrected chi connectivity index (χ0v) is 8.00. The van der Waals surface area contributed by atoms with Gasteiger partial charge in [-0.15, -0.1) is 0 Å². The molecule has 2 atom stereocenters. The fourth-order valence-electron chi connectivity index (χ4n) is 0.534. The number of hydrogen-bond donors (Lipinski definition) is 2. The average molecular weight is 175 g/mol. The number of carbonyl (C=O) groups excluding carboxylic acids is 1. The molecule has 1 unspecified atom stereocenters. The molecule has 0 bridgehead atoms. The van der Waals surface area contributed by atoms with E-state index in [1.165, 1.54) is 6.92 Å². The number of nitrogens with two attached hydrogens (primary N) is 1. The third-order valence-corrected chi connectivity index (χ3v) is 1.29. The van der Waals surface area contributed by atoms with Crippen LogP contribution in [0, 0.1) is 5.92 Å². The molecule has 0 spiro atoms. The van der Waals surface area contributed by atoms with E-state index < -0.39 is 23.7 Å². The van der Waals surface area contributed by atoms with Crippen LogP contribution in [0.3, 0.4) is 0 Å². The topological polar surface area (TPSA) is 72.5 Å². The van der Waals surface area contributed by atoms with Crippen LogP contribution in [0.25, 0.3) is 0 Å². The van der Waals surface area contributed by atoms with Gasteiger partial charge in [0.15, 0.2) is 0 Å². The van der Waals surface area contributed by atoms with E-state index in [-0.39, 0.29) is 0 Å². The summed E-state index contributed by atoms with van der Waals surface area (Å²) in [6, 6.07) is 0. The first-order valence-corrected chi connectivity index (χ1v) is 3.90. The molecule has 0 aliphatic rings. The van der Waals surface area contributed by atoms with E-state index in [0.29, 0.717) is 0 Å². The molecule has 0 aliphatic carbocycles. The number of aliphatic hydroxyl groups is 1. The van der Waals surface area contributed by atoms with Crippen molar-refractivity contribution in [1.29, 1.82) is 0 Å². The molecule has 0 rings (SSSR count). The van der Waals surface area contributed by atoms with Crippen molar-refractivity contribution in [2.24, 2.45) is 11.7 Å². The molecule has 0 aliphatic heterocycles. The third kappa shape index (κ3) is 4.31. The summed E-state index contributed by atoms with van der Waals surface area (Å²) in [5.41, 5.74) is 4.58. The highest BCUT2D eigenvalue weighted by atomic mass is 16.6. The molecule has 72 valence electrons. The zero-order valence-electron chi connectivity index (χ0n) is 8.00. The first-order valence-electron chi connectivity index (χ1n) is 3.90. The summed E-state index contributed by atoms with van der Waals surface area (Å²) >= 11 is 0. The van der Waals surface area contributed by atoms with E-state index in [1.807, 2.05) is 0 Å². The van der Waals surface area contributed by atoms with Gasteiger partial charge in [-0.05, 0) is 27.7 Å². The van der Waals surface area contributed by atoms with E-state index in [9.17, 15) is 4.79 Å². The zero-order chi connectivity index (χ0) is 9.94. The lowest BCUT2D eigenvalue weighted by Gasteiger charge is -2.23. The molecule has 0 radical (unpaired) electrons. The summed E-state index contributed by atoms with van der Waals surface area (Å²) in [5, 5.41) is 8.87. The van der Waals surface area contributed by atoms with Crippen molar-refractivity contribution < 1.29 is 14.6 Å². The van der Waals surface area contributed by atoms with E-state index in [1.54, 1.807) is 20.8 Å². The number of hydrogen-bond acceptors (Lipinski definition) is 4. The first kappa shape index (κ1) is 11.4. The lowest BCUT2D eigenvalue weighted by Crippen LogP contribution is -2.37. The maximum Gasteiger partial charge on any atom is 0.313 e. The molecule has 0 heterocycles. The SMILES string of the molecule is CC(C(=O)OC(C)(C)C)[C@@H](N)O. The van der Waals surface area contributed by atoms with Crippen LogP contribution in [0.4, 0.5) is 0 Å². The second-order valence-corrected chi connectivity index (χ2v) is 3.81. The number of rotatable bonds is 2. The number of carbonyl (C=O) groups is 1. The quantitative estimate of drug-likeness (QED) is 0.466. The Kier molecular flexibility index (Phi) is 3.67. The van der Waals surface area contributed by atoms with E-state index in [4.69, 9.17) is 15.6 Å². The van der Waals surface area contributed by atoms with Crippen LogP contribution in [0.2, 0.25) is 0 Å². The van der Waals surface area contributed by atoms with Crippen molar-refractivity contribution in [3.63, 3.8) is 0 Å². The second kappa shape index (κ2) is 3.87. The molecule has 3 N–H and O–H groups in total. The molecule has 0 aromatic rings. The number of aliphatic hydroxyl groups excluding tert-OH is 1. The van der Waals surface area contributed by atoms with Gasteiger partial charge in [0.2, 0.25) is 0 Å². The maximum atomic E-state index is 11.1. The molecule has 0 amide bonds. The van der Waals surface area contributed by atoms with Crippen LogP contribution < -0.4 is 5.73 Å². The summed E-state index contributed by atoms with van der Waals surface area (Å²) < 4.78 is 4.98. The Balaban J connectivity index is 4.05. The van der Waals surface area contributed by atoms with Crippen molar-refractivity contribution in [1.82, 2.24) is 0 Å². The molecule has 12 heavy (non-hydrogen) atoms. The van der Waals surface area contributed by atoms with E-state index in [0.717, 1.165) is 0 Å². The van der Waals surface area contributed by atoms with E-state index >= 15 is 0 Å². The van der Waals surface area contributed by atoms with Gasteiger partial charge in [-0.2, -0.15) is 0 Å². The minimum absolute atomic E-state index is 0.475. The molecular weight excluding hydrogens is 158 g/mol. The Hall–Kier alpha value is -0.610. The van der Waals surface area contributed by atoms with Crippen LogP contribution in [0.5, 0.6) is 0 Å². The standard InChI is InChI=1S/C8H17NO3/c1-5(6(9)10)7(11)12-8(2,3)4/h5-6,10H,9H2,1-4H3/t5?,6-/m0/s1. The minimum Gasteiger partial charge on any atom is -0.460 e. The molecular formula is C8H17NO3. The Labute approximate surface area is 72.7 Å². The molecule has 0 fully saturated rings. The highest BCUT2D eigenvalue weighted by Gasteiger charge is 2.24. The van der Waals surface area contributed by atoms with Crippen LogP contribution in [-0.4, -0.2) is 22.9 Å². The van der Waals surface area contributed by atoms with Gasteiger partial charge in [-0.25, -0.2) is 0 Å². The second-order valence-electron chi connectivity index (χ2n) is 3.81. The molecule has 0 saturated heterocycles. The molecule has 0 aromatic carbocycles. The maximum absolute atomic E-state index is 11.1. The van der Waals surface area contributed by atoms with Gasteiger partial charge in [-0.1, -0.05) is 0 Å². The highest BCUT2D eigenvalue weighted by Crippen LogP contribution is 2.11. The average Bonchev–Trinajstić information content (AvgIpc) is 1.82. The predicted molar refractivity (Wildman–Crippen MR) is 45.2 cm³/mol. The monoisotopic (exact) mass is 175 g/mol. The summed E-state index contributed by atoms with van der Waals surface area (Å²) in [6.07, 6.45) is -1.15. The summed E-state index contributed by atoms with van der Waals surface area (Å²) in [7, 11) is 0. The van der Waals surface area contributed by atoms with Crippen molar-refractivity contribution >= 4 is 5.97 Å². The molecule has 4 nitrogen and oxygen atoms in total. The van der Waals surface area contributed by atoms with Crippen LogP contribution in [-0.2, 0) is 9.53 Å². The van der Waals surface area contributed by atoms with Crippen molar-refractivity contribution in [2.75, 3.05) is 0 Å². The smallest absolute Gasteiger partial charge is 0.313 e. The van der Waals surface area contributed by atoms with Crippen LogP contribution >= 0.6 is 0 Å². The van der Waals surface area contributed by atoms with Gasteiger partial charge < -0.3 is 15.6 Å². The van der Waals surface area contributed by atoms with E-state index in [2.05, 4.69) is 0 Å². The Morgan fingerprint density at radius 2 is 1.92 bits per heavy atom. The van der Waals surface area contributed by atoms with Gasteiger partial charge in [0, 0.05) is 0 Å². The summed E-state index contributed by atoms with van der Waals surface area (Å²) in [6.45, 7) is 6.82. The van der Waals surface area contributed by atoms with Crippen LogP contribution in [0.15, 0.2) is 0 Å². The molecule has 0 aromatic heterocycles. The van der Waals surface area contributed by atoms with Gasteiger partial charge in [-0.3, -0.25) is 4.79 Å². The van der Waals surface area contributed by atoms with Crippen molar-refractivity contribution in [2.45, 2.75) is 39.5 Å². The Morgan fingerprint density at radius 3 is 2.17 bits per heavy atom. The van der Waals surface area contributed by atoms with Gasteiger partial charge in [0.05, 0.1) is 5.92 Å². The molecule has 4 heteroatoms.